The second-order valence-corrected chi connectivity index (χ2v) is 7.05. The molecule has 1 aliphatic heterocycles. The Balaban J connectivity index is 1.59. The Morgan fingerprint density at radius 2 is 1.61 bits per heavy atom. The highest BCUT2D eigenvalue weighted by Crippen LogP contribution is 2.37. The van der Waals surface area contributed by atoms with E-state index in [9.17, 15) is 0 Å². The molecule has 0 saturated heterocycles. The van der Waals surface area contributed by atoms with Crippen molar-refractivity contribution in [2.24, 2.45) is 0 Å². The van der Waals surface area contributed by atoms with Gasteiger partial charge < -0.3 is 5.43 Å². The third-order valence-electron chi connectivity index (χ3n) is 5.58. The van der Waals surface area contributed by atoms with Crippen LogP contribution in [-0.2, 0) is 6.54 Å². The average Bonchev–Trinajstić information content (AvgIpc) is 3.05. The molecule has 0 aromatic heterocycles. The molecule has 1 aliphatic carbocycles. The lowest BCUT2D eigenvalue weighted by molar-refractivity contribution is 0.194. The van der Waals surface area contributed by atoms with E-state index in [1.807, 2.05) is 0 Å². The van der Waals surface area contributed by atoms with Crippen molar-refractivity contribution in [2.75, 3.05) is 5.43 Å². The molecule has 0 spiro atoms. The van der Waals surface area contributed by atoms with Crippen molar-refractivity contribution in [2.45, 2.75) is 44.7 Å². The molecule has 2 aliphatic rings. The quantitative estimate of drug-likeness (QED) is 0.600. The lowest BCUT2D eigenvalue weighted by atomic mass is 9.95. The molecule has 0 atom stereocenters. The van der Waals surface area contributed by atoms with Gasteiger partial charge in [0.05, 0.1) is 5.69 Å². The van der Waals surface area contributed by atoms with Gasteiger partial charge in [-0.1, -0.05) is 55.7 Å². The van der Waals surface area contributed by atoms with E-state index in [4.69, 9.17) is 0 Å². The van der Waals surface area contributed by atoms with Crippen molar-refractivity contribution in [3.05, 3.63) is 54.1 Å². The van der Waals surface area contributed by atoms with E-state index in [1.54, 1.807) is 0 Å². The van der Waals surface area contributed by atoms with Crippen LogP contribution >= 0.6 is 0 Å². The zero-order chi connectivity index (χ0) is 15.2. The summed E-state index contributed by atoms with van der Waals surface area (Å²) in [6, 6.07) is 18.6. The van der Waals surface area contributed by atoms with Crippen LogP contribution in [0.5, 0.6) is 0 Å². The van der Waals surface area contributed by atoms with Crippen LogP contribution in [-0.4, -0.2) is 11.1 Å². The van der Waals surface area contributed by atoms with Crippen LogP contribution in [0.4, 0.5) is 5.69 Å². The third-order valence-corrected chi connectivity index (χ3v) is 5.58. The van der Waals surface area contributed by atoms with Gasteiger partial charge in [-0.2, -0.15) is 0 Å². The summed E-state index contributed by atoms with van der Waals surface area (Å²) in [5.41, 5.74) is 6.52. The zero-order valence-corrected chi connectivity index (χ0v) is 13.4. The minimum absolute atomic E-state index is 0.701. The number of anilines is 1. The molecule has 1 heterocycles. The minimum Gasteiger partial charge on any atom is -0.317 e. The molecular weight excluding hydrogens is 280 g/mol. The summed E-state index contributed by atoms with van der Waals surface area (Å²) < 4.78 is 0. The van der Waals surface area contributed by atoms with E-state index in [2.05, 4.69) is 59.0 Å². The first-order valence-corrected chi connectivity index (χ1v) is 8.86. The van der Waals surface area contributed by atoms with Crippen molar-refractivity contribution in [1.29, 1.82) is 0 Å². The average molecular weight is 302 g/mol. The van der Waals surface area contributed by atoms with E-state index in [-0.39, 0.29) is 0 Å². The van der Waals surface area contributed by atoms with Gasteiger partial charge >= 0.3 is 0 Å². The second-order valence-electron chi connectivity index (χ2n) is 7.05. The SMILES string of the molecule is c1ccc2cc3c4c(ccc3cc2c1)CN(C1CCCCC1)N4. The van der Waals surface area contributed by atoms with Gasteiger partial charge in [-0.05, 0) is 46.7 Å². The fraction of sp³-hybridized carbons (Fsp3) is 0.333. The molecule has 116 valence electrons. The van der Waals surface area contributed by atoms with Gasteiger partial charge in [0, 0.05) is 18.0 Å². The van der Waals surface area contributed by atoms with E-state index in [0.717, 1.165) is 6.54 Å². The summed E-state index contributed by atoms with van der Waals surface area (Å²) in [5, 5.41) is 7.83. The van der Waals surface area contributed by atoms with Crippen LogP contribution in [0, 0.1) is 0 Å². The summed E-state index contributed by atoms with van der Waals surface area (Å²) in [5.74, 6) is 0. The van der Waals surface area contributed by atoms with E-state index in [1.165, 1.54) is 64.9 Å². The molecule has 1 saturated carbocycles. The first-order valence-electron chi connectivity index (χ1n) is 8.86. The maximum Gasteiger partial charge on any atom is 0.0614 e. The Hall–Kier alpha value is -2.06. The van der Waals surface area contributed by atoms with Gasteiger partial charge in [0.2, 0.25) is 0 Å². The number of benzene rings is 3. The fourth-order valence-corrected chi connectivity index (χ4v) is 4.30. The molecule has 1 N–H and O–H groups in total. The Morgan fingerprint density at radius 3 is 2.43 bits per heavy atom. The molecule has 0 radical (unpaired) electrons. The summed E-state index contributed by atoms with van der Waals surface area (Å²) in [7, 11) is 0. The summed E-state index contributed by atoms with van der Waals surface area (Å²) >= 11 is 0. The minimum atomic E-state index is 0.701. The lowest BCUT2D eigenvalue weighted by Gasteiger charge is -2.30. The monoisotopic (exact) mass is 302 g/mol. The number of hydrogen-bond donors (Lipinski definition) is 1. The van der Waals surface area contributed by atoms with Crippen LogP contribution < -0.4 is 5.43 Å². The Bertz CT molecular complexity index is 878. The highest BCUT2D eigenvalue weighted by Gasteiger charge is 2.27. The largest absolute Gasteiger partial charge is 0.317 e. The molecule has 0 unspecified atom stereocenters. The zero-order valence-electron chi connectivity index (χ0n) is 13.4. The number of nitrogens with one attached hydrogen (secondary N) is 1. The predicted octanol–water partition coefficient (Wildman–Crippen LogP) is 5.47. The predicted molar refractivity (Wildman–Crippen MR) is 97.5 cm³/mol. The molecule has 2 heteroatoms. The van der Waals surface area contributed by atoms with Gasteiger partial charge in [-0.25, -0.2) is 5.01 Å². The number of fused-ring (bicyclic) bond motifs is 4. The molecule has 3 aromatic rings. The highest BCUT2D eigenvalue weighted by molar-refractivity contribution is 6.04. The fourth-order valence-electron chi connectivity index (χ4n) is 4.30. The smallest absolute Gasteiger partial charge is 0.0614 e. The molecule has 5 rings (SSSR count). The number of hydrazine groups is 1. The topological polar surface area (TPSA) is 15.3 Å². The van der Waals surface area contributed by atoms with Crippen molar-refractivity contribution >= 4 is 27.2 Å². The van der Waals surface area contributed by atoms with Crippen LogP contribution in [0.25, 0.3) is 21.5 Å². The van der Waals surface area contributed by atoms with Gasteiger partial charge in [0.15, 0.2) is 0 Å². The Morgan fingerprint density at radius 1 is 0.826 bits per heavy atom. The van der Waals surface area contributed by atoms with Crippen LogP contribution in [0.3, 0.4) is 0 Å². The van der Waals surface area contributed by atoms with E-state index in [0.29, 0.717) is 6.04 Å². The molecule has 0 bridgehead atoms. The number of rotatable bonds is 1. The van der Waals surface area contributed by atoms with E-state index >= 15 is 0 Å². The van der Waals surface area contributed by atoms with E-state index < -0.39 is 0 Å². The lowest BCUT2D eigenvalue weighted by Crippen LogP contribution is -2.36. The Kier molecular flexibility index (Phi) is 3.05. The van der Waals surface area contributed by atoms with Crippen LogP contribution in [0.1, 0.15) is 37.7 Å². The van der Waals surface area contributed by atoms with Gasteiger partial charge in [-0.15, -0.1) is 0 Å². The summed E-state index contributed by atoms with van der Waals surface area (Å²) in [6.45, 7) is 1.04. The first-order chi connectivity index (χ1) is 11.4. The number of nitrogens with zero attached hydrogens (tertiary/aromatic N) is 1. The maximum atomic E-state index is 3.75. The molecule has 1 fully saturated rings. The Labute approximate surface area is 137 Å². The summed E-state index contributed by atoms with van der Waals surface area (Å²) in [6.07, 6.45) is 6.84. The molecule has 2 nitrogen and oxygen atoms in total. The van der Waals surface area contributed by atoms with Crippen molar-refractivity contribution in [3.8, 4) is 0 Å². The summed E-state index contributed by atoms with van der Waals surface area (Å²) in [4.78, 5) is 0. The molecule has 0 amide bonds. The molecular formula is C21H22N2. The normalized spacial score (nSPS) is 19.1. The maximum absolute atomic E-state index is 3.75. The number of hydrogen-bond acceptors (Lipinski definition) is 2. The molecule has 3 aromatic carbocycles. The highest BCUT2D eigenvalue weighted by atomic mass is 15.5. The van der Waals surface area contributed by atoms with Gasteiger partial charge in [-0.3, -0.25) is 0 Å². The van der Waals surface area contributed by atoms with Crippen LogP contribution in [0.2, 0.25) is 0 Å². The standard InChI is InChI=1S/C21H22N2/c1-2-8-19(9-3-1)23-14-18-11-10-17-12-15-6-4-5-7-16(15)13-20(17)21(18)22-23/h4-7,10-13,19,22H,1-3,8-9,14H2. The van der Waals surface area contributed by atoms with Crippen LogP contribution in [0.15, 0.2) is 48.5 Å². The molecule has 23 heavy (non-hydrogen) atoms. The van der Waals surface area contributed by atoms with Crippen molar-refractivity contribution in [3.63, 3.8) is 0 Å². The van der Waals surface area contributed by atoms with Crippen molar-refractivity contribution < 1.29 is 0 Å². The van der Waals surface area contributed by atoms with Crippen molar-refractivity contribution in [1.82, 2.24) is 5.01 Å². The van der Waals surface area contributed by atoms with Gasteiger partial charge in [0.1, 0.15) is 0 Å². The third kappa shape index (κ3) is 2.21. The second kappa shape index (κ2) is 5.24. The first kappa shape index (κ1) is 13.4. The van der Waals surface area contributed by atoms with Gasteiger partial charge in [0.25, 0.3) is 0 Å².